The van der Waals surface area contributed by atoms with Crippen LogP contribution in [0.3, 0.4) is 0 Å². The summed E-state index contributed by atoms with van der Waals surface area (Å²) in [6.45, 7) is 0.320. The maximum atomic E-state index is 12.3. The average Bonchev–Trinajstić information content (AvgIpc) is 3.11. The van der Waals surface area contributed by atoms with Crippen LogP contribution >= 0.6 is 0 Å². The highest BCUT2D eigenvalue weighted by molar-refractivity contribution is 5.73. The molecular formula is C16H20O8. The molecule has 4 rings (SSSR count). The quantitative estimate of drug-likeness (QED) is 0.568. The van der Waals surface area contributed by atoms with E-state index in [1.165, 1.54) is 0 Å². The number of hydrogen-bond donors (Lipinski definition) is 0. The first-order chi connectivity index (χ1) is 11.6. The van der Waals surface area contributed by atoms with Crippen LogP contribution in [0, 0.1) is 11.8 Å². The SMILES string of the molecule is O=C1OC2CCC(COC(=O)C3CCC4OC(=O)OC4C3)CC2O1. The van der Waals surface area contributed by atoms with Crippen molar-refractivity contribution in [3.05, 3.63) is 0 Å². The number of esters is 1. The van der Waals surface area contributed by atoms with Gasteiger partial charge in [-0.3, -0.25) is 4.79 Å². The Labute approximate surface area is 138 Å². The van der Waals surface area contributed by atoms with E-state index in [1.54, 1.807) is 0 Å². The zero-order chi connectivity index (χ0) is 16.7. The van der Waals surface area contributed by atoms with Gasteiger partial charge in [-0.2, -0.15) is 0 Å². The highest BCUT2D eigenvalue weighted by Crippen LogP contribution is 2.35. The Kier molecular flexibility index (Phi) is 3.97. The van der Waals surface area contributed by atoms with Crippen LogP contribution in [0.15, 0.2) is 0 Å². The van der Waals surface area contributed by atoms with Crippen molar-refractivity contribution in [1.82, 2.24) is 0 Å². The van der Waals surface area contributed by atoms with Gasteiger partial charge in [-0.05, 0) is 38.0 Å². The van der Waals surface area contributed by atoms with Crippen molar-refractivity contribution < 1.29 is 38.1 Å². The van der Waals surface area contributed by atoms with Gasteiger partial charge in [-0.15, -0.1) is 0 Å². The molecule has 2 heterocycles. The van der Waals surface area contributed by atoms with Gasteiger partial charge in [0.05, 0.1) is 12.5 Å². The van der Waals surface area contributed by atoms with Crippen LogP contribution in [-0.2, 0) is 28.5 Å². The lowest BCUT2D eigenvalue weighted by Crippen LogP contribution is -2.36. The molecule has 0 radical (unpaired) electrons. The molecule has 6 unspecified atom stereocenters. The summed E-state index contributed by atoms with van der Waals surface area (Å²) in [5.41, 5.74) is 0. The zero-order valence-electron chi connectivity index (χ0n) is 13.2. The van der Waals surface area contributed by atoms with Gasteiger partial charge in [0.2, 0.25) is 0 Å². The van der Waals surface area contributed by atoms with E-state index in [-0.39, 0.29) is 42.2 Å². The maximum Gasteiger partial charge on any atom is 0.509 e. The third-order valence-corrected chi connectivity index (χ3v) is 5.36. The number of hydrogen-bond acceptors (Lipinski definition) is 8. The molecule has 132 valence electrons. The van der Waals surface area contributed by atoms with Crippen molar-refractivity contribution in [3.8, 4) is 0 Å². The molecule has 24 heavy (non-hydrogen) atoms. The summed E-state index contributed by atoms with van der Waals surface area (Å²) in [5.74, 6) is -0.336. The van der Waals surface area contributed by atoms with Crippen molar-refractivity contribution in [2.75, 3.05) is 6.61 Å². The van der Waals surface area contributed by atoms with E-state index in [9.17, 15) is 14.4 Å². The van der Waals surface area contributed by atoms with Crippen molar-refractivity contribution in [2.24, 2.45) is 11.8 Å². The molecule has 2 aliphatic heterocycles. The normalized spacial score (nSPS) is 40.5. The summed E-state index contributed by atoms with van der Waals surface area (Å²) < 4.78 is 25.7. The van der Waals surface area contributed by atoms with Crippen LogP contribution in [-0.4, -0.2) is 49.3 Å². The second-order valence-corrected chi connectivity index (χ2v) is 6.94. The highest BCUT2D eigenvalue weighted by Gasteiger charge is 2.44. The lowest BCUT2D eigenvalue weighted by Gasteiger charge is -2.29. The number of ether oxygens (including phenoxy) is 5. The summed E-state index contributed by atoms with van der Waals surface area (Å²) in [6, 6.07) is 0. The third kappa shape index (κ3) is 3.01. The molecule has 2 saturated heterocycles. The lowest BCUT2D eigenvalue weighted by atomic mass is 9.85. The molecular weight excluding hydrogens is 320 g/mol. The molecule has 0 spiro atoms. The van der Waals surface area contributed by atoms with Crippen molar-refractivity contribution in [2.45, 2.75) is 62.9 Å². The molecule has 0 bridgehead atoms. The molecule has 2 saturated carbocycles. The summed E-state index contributed by atoms with van der Waals surface area (Å²) in [6.07, 6.45) is 1.75. The van der Waals surface area contributed by atoms with E-state index < -0.39 is 12.3 Å². The molecule has 6 atom stereocenters. The molecule has 0 N–H and O–H groups in total. The van der Waals surface area contributed by atoms with E-state index in [0.717, 1.165) is 12.8 Å². The molecule has 0 aromatic heterocycles. The lowest BCUT2D eigenvalue weighted by molar-refractivity contribution is -0.153. The predicted octanol–water partition coefficient (Wildman–Crippen LogP) is 1.94. The first-order valence-electron chi connectivity index (χ1n) is 8.49. The Morgan fingerprint density at radius 3 is 2.12 bits per heavy atom. The minimum atomic E-state index is -0.649. The molecule has 8 nitrogen and oxygen atoms in total. The molecule has 4 fully saturated rings. The predicted molar refractivity (Wildman–Crippen MR) is 75.9 cm³/mol. The number of rotatable bonds is 3. The van der Waals surface area contributed by atoms with Crippen LogP contribution in [0.2, 0.25) is 0 Å². The van der Waals surface area contributed by atoms with E-state index in [0.29, 0.717) is 32.3 Å². The Morgan fingerprint density at radius 2 is 1.42 bits per heavy atom. The molecule has 0 aromatic carbocycles. The first kappa shape index (κ1) is 15.5. The fraction of sp³-hybridized carbons (Fsp3) is 0.812. The Morgan fingerprint density at radius 1 is 0.833 bits per heavy atom. The molecule has 8 heteroatoms. The first-order valence-corrected chi connectivity index (χ1v) is 8.49. The number of fused-ring (bicyclic) bond motifs is 2. The number of carbonyl (C=O) groups excluding carboxylic acids is 3. The van der Waals surface area contributed by atoms with Crippen LogP contribution < -0.4 is 0 Å². The van der Waals surface area contributed by atoms with Gasteiger partial charge in [0, 0.05) is 6.42 Å². The Bertz CT molecular complexity index is 546. The summed E-state index contributed by atoms with van der Waals surface area (Å²) in [5, 5.41) is 0. The minimum absolute atomic E-state index is 0.156. The topological polar surface area (TPSA) is 97.4 Å². The van der Waals surface area contributed by atoms with Crippen LogP contribution in [0.5, 0.6) is 0 Å². The van der Waals surface area contributed by atoms with E-state index >= 15 is 0 Å². The standard InChI is InChI=1S/C16H20O8/c17-14(9-2-4-11-13(6-9)24-16(19)22-11)20-7-8-1-3-10-12(5-8)23-15(18)21-10/h8-13H,1-7H2. The fourth-order valence-electron chi connectivity index (χ4n) is 4.04. The third-order valence-electron chi connectivity index (χ3n) is 5.36. The van der Waals surface area contributed by atoms with Crippen molar-refractivity contribution in [1.29, 1.82) is 0 Å². The van der Waals surface area contributed by atoms with E-state index in [4.69, 9.17) is 23.7 Å². The number of carbonyl (C=O) groups is 3. The largest absolute Gasteiger partial charge is 0.509 e. The summed E-state index contributed by atoms with van der Waals surface area (Å²) in [7, 11) is 0. The fourth-order valence-corrected chi connectivity index (χ4v) is 4.04. The average molecular weight is 340 g/mol. The monoisotopic (exact) mass is 340 g/mol. The van der Waals surface area contributed by atoms with Gasteiger partial charge in [0.1, 0.15) is 24.4 Å². The minimum Gasteiger partial charge on any atom is -0.465 e. The zero-order valence-corrected chi connectivity index (χ0v) is 13.2. The summed E-state index contributed by atoms with van der Waals surface area (Å²) in [4.78, 5) is 34.5. The maximum absolute atomic E-state index is 12.3. The molecule has 0 aromatic rings. The van der Waals surface area contributed by atoms with Crippen LogP contribution in [0.4, 0.5) is 9.59 Å². The molecule has 0 amide bonds. The van der Waals surface area contributed by atoms with E-state index in [1.807, 2.05) is 0 Å². The van der Waals surface area contributed by atoms with Crippen molar-refractivity contribution in [3.63, 3.8) is 0 Å². The van der Waals surface area contributed by atoms with Gasteiger partial charge >= 0.3 is 18.3 Å². The van der Waals surface area contributed by atoms with Crippen LogP contribution in [0.25, 0.3) is 0 Å². The second kappa shape index (κ2) is 6.14. The van der Waals surface area contributed by atoms with Gasteiger partial charge < -0.3 is 23.7 Å². The van der Waals surface area contributed by atoms with Gasteiger partial charge in [0.25, 0.3) is 0 Å². The van der Waals surface area contributed by atoms with Gasteiger partial charge in [-0.1, -0.05) is 0 Å². The molecule has 4 aliphatic rings. The highest BCUT2D eigenvalue weighted by atomic mass is 16.8. The van der Waals surface area contributed by atoms with Crippen molar-refractivity contribution >= 4 is 18.3 Å². The smallest absolute Gasteiger partial charge is 0.465 e. The van der Waals surface area contributed by atoms with E-state index in [2.05, 4.69) is 0 Å². The van der Waals surface area contributed by atoms with Gasteiger partial charge in [0.15, 0.2) is 0 Å². The Hall–Kier alpha value is -1.99. The second-order valence-electron chi connectivity index (χ2n) is 6.94. The van der Waals surface area contributed by atoms with Gasteiger partial charge in [-0.25, -0.2) is 9.59 Å². The molecule has 2 aliphatic carbocycles. The summed E-state index contributed by atoms with van der Waals surface area (Å²) >= 11 is 0. The Balaban J connectivity index is 1.24. The van der Waals surface area contributed by atoms with Crippen LogP contribution in [0.1, 0.15) is 38.5 Å².